The van der Waals surface area contributed by atoms with Gasteiger partial charge in [-0.15, -0.1) is 0 Å². The Bertz CT molecular complexity index is 5190. The fourth-order valence-corrected chi connectivity index (χ4v) is 17.7. The molecule has 0 spiro atoms. The van der Waals surface area contributed by atoms with Gasteiger partial charge < -0.3 is 85.3 Å². The summed E-state index contributed by atoms with van der Waals surface area (Å²) in [6.45, 7) is 2.11. The third-order valence-electron chi connectivity index (χ3n) is 22.2. The number of nitrogens with zero attached hydrogens (tertiary/aromatic N) is 4. The van der Waals surface area contributed by atoms with E-state index in [0.29, 0.717) is 162 Å². The van der Waals surface area contributed by atoms with E-state index in [1.807, 2.05) is 75.7 Å². The number of non-ortho nitro benzene ring substituents is 1. The Morgan fingerprint density at radius 3 is 1.04 bits per heavy atom. The fraction of sp³-hybridized carbons (Fsp3) is 0.321. The fourth-order valence-electron chi connectivity index (χ4n) is 17.5. The predicted molar refractivity (Wildman–Crippen MR) is 406 cm³/mol. The summed E-state index contributed by atoms with van der Waals surface area (Å²) in [6, 6.07) is 30.1. The van der Waals surface area contributed by atoms with Gasteiger partial charge in [0, 0.05) is 86.9 Å². The topological polar surface area (TPSA) is 270 Å². The molecule has 0 aromatic heterocycles. The maximum absolute atomic E-state index is 14.3. The summed E-state index contributed by atoms with van der Waals surface area (Å²) in [5.74, 6) is 5.19. The molecular weight excluding hydrogens is 1490 g/mol. The molecule has 0 radical (unpaired) electrons. The number of carbonyl (C=O) groups excluding carboxylic acids is 3. The minimum absolute atomic E-state index is 0.0186. The van der Waals surface area contributed by atoms with Crippen LogP contribution in [0.25, 0.3) is 33.4 Å². The van der Waals surface area contributed by atoms with Gasteiger partial charge in [0.1, 0.15) is 40.8 Å². The molecule has 0 aliphatic carbocycles. The van der Waals surface area contributed by atoms with E-state index in [-0.39, 0.29) is 37.9 Å². The number of likely N-dealkylation sites (N-methyl/N-ethyl adjacent to an activating group) is 3. The predicted octanol–water partition coefficient (Wildman–Crippen LogP) is 14.3. The van der Waals surface area contributed by atoms with Crippen LogP contribution in [0.3, 0.4) is 0 Å². The van der Waals surface area contributed by atoms with Crippen LogP contribution < -0.4 is 71.1 Å². The van der Waals surface area contributed by atoms with E-state index >= 15 is 0 Å². The van der Waals surface area contributed by atoms with Gasteiger partial charge in [-0.25, -0.2) is 18.8 Å². The number of ether oxygens (including phenoxy) is 18. The van der Waals surface area contributed by atoms with Crippen molar-refractivity contribution in [2.24, 2.45) is 0 Å². The molecule has 586 valence electrons. The van der Waals surface area contributed by atoms with Crippen LogP contribution in [0.4, 0.5) is 10.1 Å². The number of rotatable bonds is 16. The smallest absolute Gasteiger partial charge is 0.343 e. The summed E-state index contributed by atoms with van der Waals surface area (Å²) in [6.07, 6.45) is 0.0433. The molecule has 27 nitrogen and oxygen atoms in total. The molecule has 9 aliphatic rings. The minimum atomic E-state index is -0.691. The summed E-state index contributed by atoms with van der Waals surface area (Å²) in [7, 11) is 19.8. The Balaban J connectivity index is 0.000000128. The third kappa shape index (κ3) is 12.2. The zero-order chi connectivity index (χ0) is 79.1. The number of nitro benzene ring substituents is 1. The highest BCUT2D eigenvalue weighted by atomic mass is 35.5. The zero-order valence-electron chi connectivity index (χ0n) is 63.7. The number of carbonyl (C=O) groups is 3. The number of nitro groups is 1. The van der Waals surface area contributed by atoms with Crippen LogP contribution in [0.5, 0.6) is 86.2 Å². The molecule has 0 unspecified atom stereocenters. The van der Waals surface area contributed by atoms with Crippen molar-refractivity contribution < 1.29 is 109 Å². The van der Waals surface area contributed by atoms with Crippen LogP contribution in [0, 0.1) is 15.9 Å². The lowest BCUT2D eigenvalue weighted by molar-refractivity contribution is -0.384. The van der Waals surface area contributed by atoms with E-state index in [2.05, 4.69) is 14.7 Å². The Kier molecular flexibility index (Phi) is 20.0. The lowest BCUT2D eigenvalue weighted by Crippen LogP contribution is -2.36. The van der Waals surface area contributed by atoms with Crippen molar-refractivity contribution in [3.8, 4) is 120 Å². The number of esters is 3. The first-order chi connectivity index (χ1) is 54.8. The van der Waals surface area contributed by atoms with Crippen molar-refractivity contribution in [1.29, 1.82) is 0 Å². The van der Waals surface area contributed by atoms with E-state index in [0.717, 1.165) is 68.6 Å². The van der Waals surface area contributed by atoms with Gasteiger partial charge in [-0.2, -0.15) is 0 Å². The molecule has 9 aromatic rings. The van der Waals surface area contributed by atoms with Gasteiger partial charge in [-0.05, 0) is 116 Å². The molecule has 0 N–H and O–H groups in total. The van der Waals surface area contributed by atoms with Crippen LogP contribution in [0.1, 0.15) is 118 Å². The van der Waals surface area contributed by atoms with E-state index in [4.69, 9.17) is 96.9 Å². The maximum atomic E-state index is 14.3. The van der Waals surface area contributed by atoms with E-state index in [9.17, 15) is 28.9 Å². The summed E-state index contributed by atoms with van der Waals surface area (Å²) >= 11 is 6.38. The molecule has 9 aromatic carbocycles. The van der Waals surface area contributed by atoms with Crippen molar-refractivity contribution in [2.75, 3.05) is 125 Å². The van der Waals surface area contributed by atoms with Crippen LogP contribution in [0.2, 0.25) is 5.02 Å². The van der Waals surface area contributed by atoms with Gasteiger partial charge in [0.2, 0.25) is 37.6 Å². The summed E-state index contributed by atoms with van der Waals surface area (Å²) < 4.78 is 119. The van der Waals surface area contributed by atoms with Gasteiger partial charge >= 0.3 is 17.9 Å². The van der Waals surface area contributed by atoms with Crippen molar-refractivity contribution in [3.63, 3.8) is 0 Å². The van der Waals surface area contributed by atoms with E-state index in [1.165, 1.54) is 66.9 Å². The van der Waals surface area contributed by atoms with Crippen molar-refractivity contribution >= 4 is 35.2 Å². The summed E-state index contributed by atoms with van der Waals surface area (Å²) in [4.78, 5) is 57.1. The minimum Gasteiger partial charge on any atom is -0.493 e. The van der Waals surface area contributed by atoms with Gasteiger partial charge in [-0.3, -0.25) is 24.8 Å². The normalized spacial score (nSPS) is 19.6. The highest BCUT2D eigenvalue weighted by Gasteiger charge is 2.52. The lowest BCUT2D eigenvalue weighted by atomic mass is 9.81. The molecule has 9 aliphatic heterocycles. The number of fused-ring (bicyclic) bond motifs is 9. The van der Waals surface area contributed by atoms with Crippen molar-refractivity contribution in [2.45, 2.75) is 55.7 Å². The Hall–Kier alpha value is -12.1. The van der Waals surface area contributed by atoms with Crippen LogP contribution in [0.15, 0.2) is 109 Å². The molecule has 0 saturated carbocycles. The number of cyclic esters (lactones) is 3. The summed E-state index contributed by atoms with van der Waals surface area (Å²) in [5, 5.41) is 12.2. The van der Waals surface area contributed by atoms with Crippen LogP contribution in [-0.4, -0.2) is 163 Å². The second kappa shape index (κ2) is 30.2. The molecule has 18 rings (SSSR count). The third-order valence-corrected chi connectivity index (χ3v) is 22.5. The first kappa shape index (κ1) is 75.0. The van der Waals surface area contributed by atoms with Gasteiger partial charge in [-0.1, -0.05) is 66.2 Å². The zero-order valence-corrected chi connectivity index (χ0v) is 64.4. The standard InChI is InChI=1S/C28H26ClNO7.C28H26FNO7.C28H26N2O9/c2*1-30-11-10-16-19(14-6-5-7-15(29)12-14)26-27(36-13-35-26)25(34-4)20(16)22(30)23-17-8-9-18(32-2)24(33-3)21(17)28(31)37-23;1-29-11-10-16-19(14-6-5-7-15(12-14)30(32)33)26-27(38-13-37-26)25(36-4)20(16)22(29)23-17-8-9-18(34-2)24(35-3)21(17)28(31)39-23/h2*5-9,12,22-23H,10-11,13H2,1-4H3;5-9,12,22-23H,10-11,13H2,1-4H3/t3*22-,23+/m111/s1. The number of halogens is 2. The van der Waals surface area contributed by atoms with Gasteiger partial charge in [0.05, 0.1) is 87.0 Å². The average Bonchev–Trinajstić information content (AvgIpc) is 1.46. The molecular formula is C84H78ClFN4O23. The average molecular weight is 1570 g/mol. The monoisotopic (exact) mass is 1560 g/mol. The summed E-state index contributed by atoms with van der Waals surface area (Å²) in [5.41, 5.74) is 13.1. The number of hydrogen-bond donors (Lipinski definition) is 0. The lowest BCUT2D eigenvalue weighted by Gasteiger charge is -2.39. The molecule has 0 amide bonds. The highest BCUT2D eigenvalue weighted by Crippen LogP contribution is 2.64. The Labute approximate surface area is 653 Å². The Morgan fingerprint density at radius 1 is 0.398 bits per heavy atom. The SMILES string of the molecule is COc1ccc2c(c1OC)C(=O)O[C@@H]2[C@H]1c2c(c(-c3cccc(Cl)c3)c3c(c2OC)OCO3)CCN1C.COc1ccc2c(c1OC)C(=O)O[C@@H]2[C@H]1c2c(c(-c3cccc(F)c3)c3c(c2OC)OCO3)CCN1C.COc1ccc2c(c1OC)C(=O)O[C@@H]2[C@H]1c2c(c(-c3cccc([N+](=O)[O-])c3)c3c(c2OC)OCO3)CCN1C. The molecule has 0 saturated heterocycles. The molecule has 6 atom stereocenters. The maximum Gasteiger partial charge on any atom is 0.343 e. The molecule has 113 heavy (non-hydrogen) atoms. The second-order valence-corrected chi connectivity index (χ2v) is 28.2. The number of methoxy groups -OCH3 is 9. The second-order valence-electron chi connectivity index (χ2n) is 27.7. The molecule has 9 heterocycles. The van der Waals surface area contributed by atoms with E-state index < -0.39 is 53.2 Å². The van der Waals surface area contributed by atoms with E-state index in [1.54, 1.807) is 51.7 Å². The van der Waals surface area contributed by atoms with Crippen molar-refractivity contribution in [1.82, 2.24) is 14.7 Å². The Morgan fingerprint density at radius 2 is 0.717 bits per heavy atom. The largest absolute Gasteiger partial charge is 0.493 e. The molecule has 0 fully saturated rings. The number of benzene rings is 9. The number of hydrogen-bond acceptors (Lipinski definition) is 26. The van der Waals surface area contributed by atoms with Gasteiger partial charge in [0.15, 0.2) is 69.0 Å². The van der Waals surface area contributed by atoms with Crippen LogP contribution in [-0.2, 0) is 33.5 Å². The highest BCUT2D eigenvalue weighted by molar-refractivity contribution is 6.31. The van der Waals surface area contributed by atoms with Crippen molar-refractivity contribution in [3.05, 3.63) is 197 Å². The van der Waals surface area contributed by atoms with Gasteiger partial charge in [0.25, 0.3) is 5.69 Å². The first-order valence-electron chi connectivity index (χ1n) is 36.2. The molecule has 29 heteroatoms. The first-order valence-corrected chi connectivity index (χ1v) is 36.5. The van der Waals surface area contributed by atoms with Crippen LogP contribution >= 0.6 is 11.6 Å². The molecule has 0 bridgehead atoms. The quantitative estimate of drug-likeness (QED) is 0.0376.